The van der Waals surface area contributed by atoms with Crippen LogP contribution in [0.1, 0.15) is 0 Å². The lowest BCUT2D eigenvalue weighted by atomic mass is 10.3. The van der Waals surface area contributed by atoms with Gasteiger partial charge in [-0.15, -0.1) is 0 Å². The predicted molar refractivity (Wildman–Crippen MR) is 81.6 cm³/mol. The molecule has 0 aromatic carbocycles. The summed E-state index contributed by atoms with van der Waals surface area (Å²) >= 11 is 0. The van der Waals surface area contributed by atoms with Crippen LogP contribution >= 0.6 is 0 Å². The minimum Gasteiger partial charge on any atom is -0.441 e. The molecule has 0 aliphatic carbocycles. The van der Waals surface area contributed by atoms with Crippen LogP contribution in [-0.2, 0) is 0 Å². The third kappa shape index (κ3) is 3.22. The summed E-state index contributed by atoms with van der Waals surface area (Å²) in [5.41, 5.74) is 2.83. The second-order valence-corrected chi connectivity index (χ2v) is 4.61. The standard InChI is InChI=1S/C9H6N4O2.C6H4N2O2/c1-2-11-13-6(1)7-5-15-9(12-7)8-10-3-4-14-8;1-3-9-7-5(1)6-2-4-10-8-6/h1-5H,(H,11,13);1-4H. The maximum atomic E-state index is 5.22. The molecule has 5 aromatic rings. The highest BCUT2D eigenvalue weighted by atomic mass is 16.5. The molecule has 5 aromatic heterocycles. The van der Waals surface area contributed by atoms with Gasteiger partial charge in [-0.3, -0.25) is 5.10 Å². The smallest absolute Gasteiger partial charge is 0.284 e. The molecule has 0 aliphatic heterocycles. The summed E-state index contributed by atoms with van der Waals surface area (Å²) in [6.45, 7) is 0. The van der Waals surface area contributed by atoms with E-state index < -0.39 is 0 Å². The van der Waals surface area contributed by atoms with Crippen LogP contribution < -0.4 is 0 Å². The van der Waals surface area contributed by atoms with Crippen LogP contribution in [0.3, 0.4) is 0 Å². The van der Waals surface area contributed by atoms with E-state index in [0.29, 0.717) is 28.9 Å². The van der Waals surface area contributed by atoms with Gasteiger partial charge in [-0.05, 0) is 6.07 Å². The highest BCUT2D eigenvalue weighted by Gasteiger charge is 2.12. The van der Waals surface area contributed by atoms with Crippen molar-refractivity contribution in [3.05, 3.63) is 55.6 Å². The molecule has 0 saturated carbocycles. The molecular formula is C15H10N6O4. The molecule has 0 fully saturated rings. The van der Waals surface area contributed by atoms with Gasteiger partial charge in [0.1, 0.15) is 42.1 Å². The normalized spacial score (nSPS) is 10.4. The fourth-order valence-electron chi connectivity index (χ4n) is 1.91. The monoisotopic (exact) mass is 338 g/mol. The number of H-pyrrole nitrogens is 1. The summed E-state index contributed by atoms with van der Waals surface area (Å²) in [5, 5.41) is 13.9. The van der Waals surface area contributed by atoms with E-state index in [1.807, 2.05) is 0 Å². The van der Waals surface area contributed by atoms with Crippen molar-refractivity contribution in [3.8, 4) is 34.6 Å². The zero-order valence-electron chi connectivity index (χ0n) is 12.6. The Kier molecular flexibility index (Phi) is 3.90. The minimum atomic E-state index is 0.351. The Morgan fingerprint density at radius 2 is 1.56 bits per heavy atom. The first-order valence-electron chi connectivity index (χ1n) is 7.06. The van der Waals surface area contributed by atoms with E-state index in [1.54, 1.807) is 24.4 Å². The number of nitrogens with one attached hydrogen (secondary N) is 1. The number of aromatic amines is 1. The Bertz CT molecular complexity index is 904. The van der Waals surface area contributed by atoms with Crippen molar-refractivity contribution < 1.29 is 17.9 Å². The largest absolute Gasteiger partial charge is 0.441 e. The highest BCUT2D eigenvalue weighted by Crippen LogP contribution is 2.21. The number of aromatic nitrogens is 6. The summed E-state index contributed by atoms with van der Waals surface area (Å²) in [4.78, 5) is 8.13. The van der Waals surface area contributed by atoms with E-state index in [1.165, 1.54) is 31.2 Å². The van der Waals surface area contributed by atoms with Crippen molar-refractivity contribution in [3.63, 3.8) is 0 Å². The van der Waals surface area contributed by atoms with E-state index in [-0.39, 0.29) is 0 Å². The maximum Gasteiger partial charge on any atom is 0.284 e. The quantitative estimate of drug-likeness (QED) is 0.526. The average molecular weight is 338 g/mol. The van der Waals surface area contributed by atoms with Crippen LogP contribution in [0, 0.1) is 0 Å². The molecule has 0 aliphatic rings. The molecule has 0 unspecified atom stereocenters. The highest BCUT2D eigenvalue weighted by molar-refractivity contribution is 5.55. The van der Waals surface area contributed by atoms with Crippen molar-refractivity contribution in [1.82, 2.24) is 30.5 Å². The predicted octanol–water partition coefficient (Wildman–Crippen LogP) is 3.05. The van der Waals surface area contributed by atoms with Gasteiger partial charge in [0.25, 0.3) is 11.8 Å². The molecule has 5 heterocycles. The van der Waals surface area contributed by atoms with Crippen LogP contribution in [0.25, 0.3) is 34.6 Å². The number of hydrogen-bond donors (Lipinski definition) is 1. The fraction of sp³-hybridized carbons (Fsp3) is 0. The van der Waals surface area contributed by atoms with E-state index in [2.05, 4.69) is 39.5 Å². The van der Waals surface area contributed by atoms with Gasteiger partial charge < -0.3 is 17.9 Å². The topological polar surface area (TPSA) is 133 Å². The van der Waals surface area contributed by atoms with Crippen LogP contribution in [0.15, 0.2) is 73.5 Å². The summed E-state index contributed by atoms with van der Waals surface area (Å²) in [7, 11) is 0. The second-order valence-electron chi connectivity index (χ2n) is 4.61. The van der Waals surface area contributed by atoms with Crippen LogP contribution in [0.4, 0.5) is 0 Å². The number of hydrogen-bond acceptors (Lipinski definition) is 9. The summed E-state index contributed by atoms with van der Waals surface area (Å²) in [6.07, 6.45) is 9.15. The zero-order chi connectivity index (χ0) is 16.9. The Labute approximate surface area is 139 Å². The molecule has 0 amide bonds. The fourth-order valence-corrected chi connectivity index (χ4v) is 1.91. The van der Waals surface area contributed by atoms with Crippen molar-refractivity contribution in [2.45, 2.75) is 0 Å². The molecular weight excluding hydrogens is 328 g/mol. The SMILES string of the molecule is c1cc(-c2ccon2)no1.c1cc(-c2coc(-c3ncco3)n2)[nH]n1. The van der Waals surface area contributed by atoms with Crippen molar-refractivity contribution in [2.24, 2.45) is 0 Å². The molecule has 0 bridgehead atoms. The zero-order valence-corrected chi connectivity index (χ0v) is 12.6. The summed E-state index contributed by atoms with van der Waals surface area (Å²) in [6, 6.07) is 5.24. The van der Waals surface area contributed by atoms with E-state index in [9.17, 15) is 0 Å². The van der Waals surface area contributed by atoms with Crippen LogP contribution in [0.5, 0.6) is 0 Å². The Morgan fingerprint density at radius 3 is 2.12 bits per heavy atom. The van der Waals surface area contributed by atoms with Gasteiger partial charge in [-0.25, -0.2) is 9.97 Å². The minimum absolute atomic E-state index is 0.351. The third-order valence-corrected chi connectivity index (χ3v) is 3.03. The van der Waals surface area contributed by atoms with Gasteiger partial charge in [0.15, 0.2) is 0 Å². The van der Waals surface area contributed by atoms with Crippen LogP contribution in [0.2, 0.25) is 0 Å². The van der Waals surface area contributed by atoms with Gasteiger partial charge in [-0.1, -0.05) is 10.3 Å². The Morgan fingerprint density at radius 1 is 0.760 bits per heavy atom. The van der Waals surface area contributed by atoms with Crippen LogP contribution in [-0.4, -0.2) is 30.5 Å². The summed E-state index contributed by atoms with van der Waals surface area (Å²) in [5.74, 6) is 0.713. The lowest BCUT2D eigenvalue weighted by Crippen LogP contribution is -1.79. The first-order chi connectivity index (χ1) is 12.4. The van der Waals surface area contributed by atoms with Gasteiger partial charge >= 0.3 is 0 Å². The second kappa shape index (κ2) is 6.66. The van der Waals surface area contributed by atoms with Crippen molar-refractivity contribution in [2.75, 3.05) is 0 Å². The van der Waals surface area contributed by atoms with Gasteiger partial charge in [0.2, 0.25) is 0 Å². The van der Waals surface area contributed by atoms with Crippen molar-refractivity contribution >= 4 is 0 Å². The number of rotatable bonds is 3. The number of oxazole rings is 2. The van der Waals surface area contributed by atoms with Gasteiger partial charge in [0.05, 0.1) is 11.9 Å². The molecule has 1 N–H and O–H groups in total. The van der Waals surface area contributed by atoms with Gasteiger partial charge in [0, 0.05) is 18.3 Å². The number of nitrogens with zero attached hydrogens (tertiary/aromatic N) is 5. The van der Waals surface area contributed by atoms with Gasteiger partial charge in [-0.2, -0.15) is 5.10 Å². The Hall–Kier alpha value is -3.95. The third-order valence-electron chi connectivity index (χ3n) is 3.03. The molecule has 0 atom stereocenters. The first kappa shape index (κ1) is 14.6. The molecule has 10 nitrogen and oxygen atoms in total. The van der Waals surface area contributed by atoms with E-state index in [4.69, 9.17) is 8.83 Å². The van der Waals surface area contributed by atoms with E-state index >= 15 is 0 Å². The molecule has 0 radical (unpaired) electrons. The molecule has 0 spiro atoms. The first-order valence-corrected chi connectivity index (χ1v) is 7.06. The Balaban J connectivity index is 0.000000136. The van der Waals surface area contributed by atoms with E-state index in [0.717, 1.165) is 5.69 Å². The molecule has 5 rings (SSSR count). The molecule has 25 heavy (non-hydrogen) atoms. The average Bonchev–Trinajstić information content (AvgIpc) is 3.50. The summed E-state index contributed by atoms with van der Waals surface area (Å²) < 4.78 is 19.5. The molecule has 10 heteroatoms. The molecule has 0 saturated heterocycles. The molecule has 124 valence electrons. The lowest BCUT2D eigenvalue weighted by Gasteiger charge is -1.85. The maximum absolute atomic E-state index is 5.22. The van der Waals surface area contributed by atoms with Crippen molar-refractivity contribution in [1.29, 1.82) is 0 Å². The lowest BCUT2D eigenvalue weighted by molar-refractivity contribution is 0.413.